The second-order valence-electron chi connectivity index (χ2n) is 4.67. The molecule has 2 rings (SSSR count). The number of nitrogens with zero attached hydrogens (tertiary/aromatic N) is 1. The van der Waals surface area contributed by atoms with E-state index in [0.717, 1.165) is 10.6 Å². The average molecular weight is 272 g/mol. The second kappa shape index (κ2) is 5.21. The lowest BCUT2D eigenvalue weighted by molar-refractivity contribution is -0.187. The molecule has 104 valence electrons. The van der Waals surface area contributed by atoms with Crippen LogP contribution in [0.2, 0.25) is 0 Å². The monoisotopic (exact) mass is 272 g/mol. The van der Waals surface area contributed by atoms with Gasteiger partial charge in [0.05, 0.1) is 0 Å². The first-order chi connectivity index (χ1) is 8.88. The van der Waals surface area contributed by atoms with Crippen molar-refractivity contribution >= 4 is 5.91 Å². The predicted molar refractivity (Wildman–Crippen MR) is 64.2 cm³/mol. The van der Waals surface area contributed by atoms with Gasteiger partial charge < -0.3 is 0 Å². The smallest absolute Gasteiger partial charge is 0.288 e. The fourth-order valence-electron chi connectivity index (χ4n) is 2.18. The number of amides is 1. The number of aryl methyl sites for hydroxylation is 1. The Morgan fingerprint density at radius 2 is 2.05 bits per heavy atom. The number of benzene rings is 1. The Morgan fingerprint density at radius 1 is 1.37 bits per heavy atom. The maximum absolute atomic E-state index is 13.1. The van der Waals surface area contributed by atoms with Crippen LogP contribution in [0.25, 0.3) is 0 Å². The van der Waals surface area contributed by atoms with E-state index in [-0.39, 0.29) is 25.3 Å². The van der Waals surface area contributed by atoms with Crippen molar-refractivity contribution in [2.75, 3.05) is 6.54 Å². The third-order valence-corrected chi connectivity index (χ3v) is 3.28. The molecule has 0 radical (unpaired) electrons. The number of hydrogen-bond donors (Lipinski definition) is 1. The summed E-state index contributed by atoms with van der Waals surface area (Å²) in [5.41, 5.74) is 3.74. The van der Waals surface area contributed by atoms with Crippen LogP contribution in [0.5, 0.6) is 0 Å². The molecule has 0 spiro atoms. The molecule has 6 heteroatoms. The third kappa shape index (κ3) is 3.26. The molecule has 0 unspecified atom stereocenters. The Morgan fingerprint density at radius 3 is 2.58 bits per heavy atom. The number of alkyl halides is 3. The standard InChI is InChI=1S/C13H15F3N2O/c1-9-4-2-3-5-10(9)8-11(13(14,15)16)18-7-6-12(19)17-18/h2-5,11H,6-8H2,1H3,(H,17,19)/t11-/m0/s1. The van der Waals surface area contributed by atoms with Crippen LogP contribution < -0.4 is 5.43 Å². The molecular weight excluding hydrogens is 257 g/mol. The van der Waals surface area contributed by atoms with Crippen LogP contribution in [0, 0.1) is 6.92 Å². The summed E-state index contributed by atoms with van der Waals surface area (Å²) in [6.45, 7) is 1.88. The molecule has 1 aliphatic heterocycles. The molecule has 1 amide bonds. The summed E-state index contributed by atoms with van der Waals surface area (Å²) in [5, 5.41) is 0.995. The maximum Gasteiger partial charge on any atom is 0.406 e. The van der Waals surface area contributed by atoms with E-state index in [1.165, 1.54) is 0 Å². The van der Waals surface area contributed by atoms with Crippen LogP contribution in [0.15, 0.2) is 24.3 Å². The summed E-state index contributed by atoms with van der Waals surface area (Å²) in [5.74, 6) is -0.362. The number of halogens is 3. The third-order valence-electron chi connectivity index (χ3n) is 3.28. The minimum absolute atomic E-state index is 0.0922. The first kappa shape index (κ1) is 13.9. The Labute approximate surface area is 109 Å². The number of hydrazine groups is 1. The second-order valence-corrected chi connectivity index (χ2v) is 4.67. The van der Waals surface area contributed by atoms with E-state index in [9.17, 15) is 18.0 Å². The lowest BCUT2D eigenvalue weighted by Gasteiger charge is -2.29. The van der Waals surface area contributed by atoms with Gasteiger partial charge in [-0.05, 0) is 24.5 Å². The molecule has 1 aromatic carbocycles. The van der Waals surface area contributed by atoms with Crippen molar-refractivity contribution in [3.8, 4) is 0 Å². The molecule has 0 aromatic heterocycles. The fraction of sp³-hybridized carbons (Fsp3) is 0.462. The SMILES string of the molecule is Cc1ccccc1C[C@H](N1CCC(=O)N1)C(F)(F)F. The summed E-state index contributed by atoms with van der Waals surface area (Å²) < 4.78 is 39.4. The van der Waals surface area contributed by atoms with Gasteiger partial charge >= 0.3 is 6.18 Å². The Bertz CT molecular complexity index is 473. The summed E-state index contributed by atoms with van der Waals surface area (Å²) in [4.78, 5) is 11.1. The molecule has 3 nitrogen and oxygen atoms in total. The van der Waals surface area contributed by atoms with E-state index < -0.39 is 12.2 Å². The first-order valence-corrected chi connectivity index (χ1v) is 6.05. The van der Waals surface area contributed by atoms with E-state index in [1.807, 2.05) is 0 Å². The summed E-state index contributed by atoms with van der Waals surface area (Å²) in [6.07, 6.45) is -4.42. The number of hydrogen-bond acceptors (Lipinski definition) is 2. The van der Waals surface area contributed by atoms with E-state index in [2.05, 4.69) is 5.43 Å². The summed E-state index contributed by atoms with van der Waals surface area (Å²) >= 11 is 0. The lowest BCUT2D eigenvalue weighted by atomic mass is 10.0. The van der Waals surface area contributed by atoms with Gasteiger partial charge in [0.1, 0.15) is 6.04 Å². The lowest BCUT2D eigenvalue weighted by Crippen LogP contribution is -2.51. The fourth-order valence-corrected chi connectivity index (χ4v) is 2.18. The molecule has 1 fully saturated rings. The topological polar surface area (TPSA) is 32.3 Å². The molecule has 1 N–H and O–H groups in total. The number of rotatable bonds is 3. The van der Waals surface area contributed by atoms with Gasteiger partial charge in [-0.3, -0.25) is 10.2 Å². The van der Waals surface area contributed by atoms with E-state index in [1.54, 1.807) is 31.2 Å². The summed E-state index contributed by atoms with van der Waals surface area (Å²) in [7, 11) is 0. The summed E-state index contributed by atoms with van der Waals surface area (Å²) in [6, 6.07) is 5.30. The minimum atomic E-state index is -4.38. The van der Waals surface area contributed by atoms with Crippen LogP contribution in [0.1, 0.15) is 17.5 Å². The van der Waals surface area contributed by atoms with Crippen LogP contribution in [0.4, 0.5) is 13.2 Å². The van der Waals surface area contributed by atoms with E-state index in [0.29, 0.717) is 5.56 Å². The zero-order chi connectivity index (χ0) is 14.0. The van der Waals surface area contributed by atoms with Crippen LogP contribution in [0.3, 0.4) is 0 Å². The minimum Gasteiger partial charge on any atom is -0.288 e. The quantitative estimate of drug-likeness (QED) is 0.915. The normalized spacial score (nSPS) is 18.4. The molecule has 1 atom stereocenters. The highest BCUT2D eigenvalue weighted by Crippen LogP contribution is 2.29. The molecule has 19 heavy (non-hydrogen) atoms. The highest BCUT2D eigenvalue weighted by atomic mass is 19.4. The zero-order valence-electron chi connectivity index (χ0n) is 10.5. The molecular formula is C13H15F3N2O. The first-order valence-electron chi connectivity index (χ1n) is 6.05. The number of nitrogens with one attached hydrogen (secondary N) is 1. The van der Waals surface area contributed by atoms with Crippen molar-refractivity contribution in [2.24, 2.45) is 0 Å². The van der Waals surface area contributed by atoms with Crippen LogP contribution >= 0.6 is 0 Å². The van der Waals surface area contributed by atoms with Gasteiger partial charge in [-0.15, -0.1) is 0 Å². The molecule has 0 saturated carbocycles. The zero-order valence-corrected chi connectivity index (χ0v) is 10.5. The van der Waals surface area contributed by atoms with Gasteiger partial charge in [-0.25, -0.2) is 5.01 Å². The van der Waals surface area contributed by atoms with Crippen molar-refractivity contribution in [3.05, 3.63) is 35.4 Å². The maximum atomic E-state index is 13.1. The predicted octanol–water partition coefficient (Wildman–Crippen LogP) is 2.21. The van der Waals surface area contributed by atoms with Gasteiger partial charge in [0.2, 0.25) is 5.91 Å². The molecule has 1 aromatic rings. The van der Waals surface area contributed by atoms with E-state index in [4.69, 9.17) is 0 Å². The Kier molecular flexibility index (Phi) is 3.80. The van der Waals surface area contributed by atoms with Crippen molar-refractivity contribution < 1.29 is 18.0 Å². The van der Waals surface area contributed by atoms with Crippen molar-refractivity contribution in [3.63, 3.8) is 0 Å². The molecule has 1 heterocycles. The van der Waals surface area contributed by atoms with Gasteiger partial charge in [0, 0.05) is 13.0 Å². The van der Waals surface area contributed by atoms with Crippen LogP contribution in [-0.4, -0.2) is 29.7 Å². The van der Waals surface area contributed by atoms with Gasteiger partial charge in [-0.2, -0.15) is 13.2 Å². The van der Waals surface area contributed by atoms with Gasteiger partial charge in [-0.1, -0.05) is 24.3 Å². The van der Waals surface area contributed by atoms with Gasteiger partial charge in [0.25, 0.3) is 0 Å². The Hall–Kier alpha value is -1.56. The largest absolute Gasteiger partial charge is 0.406 e. The van der Waals surface area contributed by atoms with Crippen LogP contribution in [-0.2, 0) is 11.2 Å². The molecule has 1 aliphatic rings. The molecule has 0 bridgehead atoms. The molecule has 0 aliphatic carbocycles. The van der Waals surface area contributed by atoms with Crippen molar-refractivity contribution in [2.45, 2.75) is 32.0 Å². The highest BCUT2D eigenvalue weighted by molar-refractivity contribution is 5.77. The van der Waals surface area contributed by atoms with E-state index >= 15 is 0 Å². The average Bonchev–Trinajstić information content (AvgIpc) is 2.73. The highest BCUT2D eigenvalue weighted by Gasteiger charge is 2.45. The van der Waals surface area contributed by atoms with Gasteiger partial charge in [0.15, 0.2) is 0 Å². The van der Waals surface area contributed by atoms with Crippen molar-refractivity contribution in [1.29, 1.82) is 0 Å². The Balaban J connectivity index is 2.20. The number of carbonyl (C=O) groups excluding carboxylic acids is 1. The molecule has 1 saturated heterocycles. The van der Waals surface area contributed by atoms with Crippen molar-refractivity contribution in [1.82, 2.24) is 10.4 Å². The number of carbonyl (C=O) groups is 1.